The molecule has 0 spiro atoms. The van der Waals surface area contributed by atoms with E-state index in [1.165, 1.54) is 0 Å². The number of hydrogen-bond acceptors (Lipinski definition) is 5. The van der Waals surface area contributed by atoms with Gasteiger partial charge in [-0.1, -0.05) is 78.0 Å². The molecule has 0 amide bonds. The van der Waals surface area contributed by atoms with Gasteiger partial charge in [0.15, 0.2) is 0 Å². The van der Waals surface area contributed by atoms with Gasteiger partial charge >= 0.3 is 5.97 Å². The number of benzene rings is 2. The zero-order chi connectivity index (χ0) is 17.5. The molecule has 0 aromatic heterocycles. The first-order valence-electron chi connectivity index (χ1n) is 7.24. The predicted molar refractivity (Wildman–Crippen MR) is 103 cm³/mol. The number of thioether (sulfide) groups is 1. The summed E-state index contributed by atoms with van der Waals surface area (Å²) in [6, 6.07) is 14.8. The summed E-state index contributed by atoms with van der Waals surface area (Å²) in [6.07, 6.45) is 0. The lowest BCUT2D eigenvalue weighted by Crippen LogP contribution is -2.15. The van der Waals surface area contributed by atoms with Gasteiger partial charge < -0.3 is 4.74 Å². The lowest BCUT2D eigenvalue weighted by molar-refractivity contribution is -0.142. The second-order valence-corrected chi connectivity index (χ2v) is 6.54. The highest BCUT2D eigenvalue weighted by Gasteiger charge is 2.25. The Morgan fingerprint density at radius 2 is 1.88 bits per heavy atom. The van der Waals surface area contributed by atoms with E-state index < -0.39 is 11.2 Å². The van der Waals surface area contributed by atoms with Crippen LogP contribution in [0.25, 0.3) is 11.1 Å². The van der Waals surface area contributed by atoms with Gasteiger partial charge in [-0.25, -0.2) is 0 Å². The second-order valence-electron chi connectivity index (χ2n) is 4.79. The van der Waals surface area contributed by atoms with Crippen molar-refractivity contribution in [2.75, 3.05) is 6.61 Å². The molecule has 0 saturated carbocycles. The van der Waals surface area contributed by atoms with Crippen LogP contribution in [0.1, 0.15) is 17.7 Å². The van der Waals surface area contributed by atoms with Gasteiger partial charge in [0.2, 0.25) is 5.12 Å². The maximum atomic E-state index is 12.1. The molecule has 2 rings (SSSR count). The van der Waals surface area contributed by atoms with Crippen LogP contribution in [0.15, 0.2) is 48.5 Å². The van der Waals surface area contributed by atoms with Crippen LogP contribution < -0.4 is 0 Å². The maximum Gasteiger partial charge on any atom is 0.324 e. The molecule has 2 aromatic carbocycles. The minimum absolute atomic E-state index is 0.249. The van der Waals surface area contributed by atoms with E-state index in [-0.39, 0.29) is 11.7 Å². The van der Waals surface area contributed by atoms with Gasteiger partial charge in [-0.3, -0.25) is 9.59 Å². The van der Waals surface area contributed by atoms with E-state index >= 15 is 0 Å². The first kappa shape index (κ1) is 18.6. The van der Waals surface area contributed by atoms with Crippen molar-refractivity contribution in [3.63, 3.8) is 0 Å². The van der Waals surface area contributed by atoms with Crippen LogP contribution in [-0.4, -0.2) is 23.1 Å². The van der Waals surface area contributed by atoms with Gasteiger partial charge in [0.25, 0.3) is 0 Å². The summed E-state index contributed by atoms with van der Waals surface area (Å²) in [5.41, 5.74) is 2.51. The van der Waals surface area contributed by atoms with Crippen molar-refractivity contribution >= 4 is 52.0 Å². The van der Waals surface area contributed by atoms with Gasteiger partial charge in [0.1, 0.15) is 5.25 Å². The Hall–Kier alpha value is -1.69. The van der Waals surface area contributed by atoms with Crippen LogP contribution in [0, 0.1) is 0 Å². The standard InChI is InChI=1S/C18H15ClO3S2/c1-2-22-18(21)17(24-16(20)11-23)13-9-7-12(8-10-13)14-5-3-4-6-15(14)19/h3-11,17H,2H2,1H3. The fraction of sp³-hybridized carbons (Fsp3) is 0.167. The number of carbonyl (C=O) groups is 2. The van der Waals surface area contributed by atoms with E-state index in [1.54, 1.807) is 19.1 Å². The normalized spacial score (nSPS) is 11.6. The highest BCUT2D eigenvalue weighted by Crippen LogP contribution is 2.33. The van der Waals surface area contributed by atoms with Gasteiger partial charge in [0.05, 0.1) is 12.0 Å². The third-order valence-electron chi connectivity index (χ3n) is 3.23. The van der Waals surface area contributed by atoms with Gasteiger partial charge in [-0.2, -0.15) is 0 Å². The zero-order valence-corrected chi connectivity index (χ0v) is 15.3. The third kappa shape index (κ3) is 4.66. The van der Waals surface area contributed by atoms with Gasteiger partial charge in [-0.05, 0) is 24.1 Å². The van der Waals surface area contributed by atoms with Crippen molar-refractivity contribution < 1.29 is 14.3 Å². The van der Waals surface area contributed by atoms with Gasteiger partial charge in [0, 0.05) is 10.6 Å². The lowest BCUT2D eigenvalue weighted by Gasteiger charge is -2.14. The Bertz CT molecular complexity index is 744. The number of thiocarbonyl (C=S) groups is 1. The number of carbonyl (C=O) groups excluding carboxylic acids is 2. The summed E-state index contributed by atoms with van der Waals surface area (Å²) in [5, 5.41) is 0.585. The third-order valence-corrected chi connectivity index (χ3v) is 4.97. The number of halogens is 1. The average molecular weight is 379 g/mol. The number of rotatable bonds is 6. The Kier molecular flexibility index (Phi) is 6.97. The highest BCUT2D eigenvalue weighted by molar-refractivity contribution is 8.17. The lowest BCUT2D eigenvalue weighted by atomic mass is 10.0. The van der Waals surface area contributed by atoms with E-state index in [4.69, 9.17) is 16.3 Å². The molecule has 0 heterocycles. The zero-order valence-electron chi connectivity index (χ0n) is 12.9. The van der Waals surface area contributed by atoms with Gasteiger partial charge in [-0.15, -0.1) is 0 Å². The van der Waals surface area contributed by atoms with Crippen LogP contribution in [0.4, 0.5) is 0 Å². The van der Waals surface area contributed by atoms with Crippen LogP contribution in [0.2, 0.25) is 5.02 Å². The molecular formula is C18H15ClO3S2. The summed E-state index contributed by atoms with van der Waals surface area (Å²) in [4.78, 5) is 23.8. The molecule has 1 atom stereocenters. The van der Waals surface area contributed by atoms with Crippen molar-refractivity contribution in [3.8, 4) is 11.1 Å². The summed E-state index contributed by atoms with van der Waals surface area (Å²) in [7, 11) is 0. The summed E-state index contributed by atoms with van der Waals surface area (Å²) >= 11 is 11.7. The van der Waals surface area contributed by atoms with Crippen molar-refractivity contribution in [2.24, 2.45) is 0 Å². The number of esters is 1. The molecule has 0 aliphatic carbocycles. The fourth-order valence-corrected chi connectivity index (χ4v) is 3.30. The van der Waals surface area contributed by atoms with Crippen molar-refractivity contribution in [1.82, 2.24) is 0 Å². The molecule has 124 valence electrons. The van der Waals surface area contributed by atoms with E-state index in [9.17, 15) is 9.59 Å². The van der Waals surface area contributed by atoms with E-state index in [1.807, 2.05) is 36.4 Å². The molecular weight excluding hydrogens is 364 g/mol. The minimum atomic E-state index is -0.739. The molecule has 0 fully saturated rings. The maximum absolute atomic E-state index is 12.1. The quantitative estimate of drug-likeness (QED) is 0.530. The summed E-state index contributed by atoms with van der Waals surface area (Å²) < 4.78 is 5.06. The second kappa shape index (κ2) is 8.97. The highest BCUT2D eigenvalue weighted by atomic mass is 35.5. The molecule has 0 saturated heterocycles. The Morgan fingerprint density at radius 1 is 1.21 bits per heavy atom. The molecule has 24 heavy (non-hydrogen) atoms. The van der Waals surface area contributed by atoms with Crippen molar-refractivity contribution in [2.45, 2.75) is 12.2 Å². The Morgan fingerprint density at radius 3 is 2.46 bits per heavy atom. The number of hydrogen-bond donors (Lipinski definition) is 0. The minimum Gasteiger partial charge on any atom is -0.465 e. The van der Waals surface area contributed by atoms with Crippen molar-refractivity contribution in [1.29, 1.82) is 0 Å². The first-order valence-corrected chi connectivity index (χ1v) is 8.97. The molecule has 2 aromatic rings. The molecule has 0 N–H and O–H groups in total. The molecule has 1 unspecified atom stereocenters. The monoisotopic (exact) mass is 378 g/mol. The molecule has 0 bridgehead atoms. The smallest absolute Gasteiger partial charge is 0.324 e. The van der Waals surface area contributed by atoms with Crippen LogP contribution in [0.5, 0.6) is 0 Å². The summed E-state index contributed by atoms with van der Waals surface area (Å²) in [6.45, 7) is 1.97. The van der Waals surface area contributed by atoms with E-state index in [0.29, 0.717) is 10.6 Å². The molecule has 6 heteroatoms. The SMILES string of the molecule is CCOC(=O)C(SC(=O)C=S)c1ccc(-c2ccccc2Cl)cc1. The molecule has 0 aliphatic heterocycles. The predicted octanol–water partition coefficient (Wildman–Crippen LogP) is 4.87. The topological polar surface area (TPSA) is 43.4 Å². The fourth-order valence-electron chi connectivity index (χ4n) is 2.15. The Labute approximate surface area is 155 Å². The molecule has 0 radical (unpaired) electrons. The number of ether oxygens (including phenoxy) is 1. The van der Waals surface area contributed by atoms with Crippen molar-refractivity contribution in [3.05, 3.63) is 59.1 Å². The largest absolute Gasteiger partial charge is 0.465 e. The Balaban J connectivity index is 2.31. The van der Waals surface area contributed by atoms with Crippen LogP contribution in [0.3, 0.4) is 0 Å². The molecule has 0 aliphatic rings. The van der Waals surface area contributed by atoms with E-state index in [2.05, 4.69) is 12.2 Å². The first-order chi connectivity index (χ1) is 11.6. The average Bonchev–Trinajstić information content (AvgIpc) is 2.60. The van der Waals surface area contributed by atoms with E-state index in [0.717, 1.165) is 28.3 Å². The summed E-state index contributed by atoms with van der Waals surface area (Å²) in [5.74, 6) is -0.460. The van der Waals surface area contributed by atoms with Crippen LogP contribution >= 0.6 is 35.6 Å². The molecule has 3 nitrogen and oxygen atoms in total. The van der Waals surface area contributed by atoms with Crippen LogP contribution in [-0.2, 0) is 14.3 Å².